The topological polar surface area (TPSA) is 49.3 Å². The van der Waals surface area contributed by atoms with Gasteiger partial charge >= 0.3 is 5.97 Å². The molecule has 0 radical (unpaired) electrons. The van der Waals surface area contributed by atoms with Gasteiger partial charge < -0.3 is 10.4 Å². The second-order valence-electron chi connectivity index (χ2n) is 4.58. The molecule has 0 aromatic heterocycles. The molecule has 3 heteroatoms. The molecule has 2 unspecified atom stereocenters. The molecule has 14 heavy (non-hydrogen) atoms. The van der Waals surface area contributed by atoms with Gasteiger partial charge in [-0.2, -0.15) is 0 Å². The Labute approximate surface area is 85.9 Å². The van der Waals surface area contributed by atoms with Crippen LogP contribution in [0, 0.1) is 11.3 Å². The van der Waals surface area contributed by atoms with Gasteiger partial charge in [-0.15, -0.1) is 0 Å². The smallest absolute Gasteiger partial charge is 0.310 e. The monoisotopic (exact) mass is 199 g/mol. The first kappa shape index (κ1) is 11.5. The van der Waals surface area contributed by atoms with E-state index in [-0.39, 0.29) is 0 Å². The molecule has 1 saturated heterocycles. The molecule has 1 aliphatic rings. The summed E-state index contributed by atoms with van der Waals surface area (Å²) in [6.45, 7) is 5.87. The number of carboxylic acids is 1. The molecule has 1 heterocycles. The molecule has 0 bridgehead atoms. The average molecular weight is 199 g/mol. The van der Waals surface area contributed by atoms with Crippen molar-refractivity contribution in [3.63, 3.8) is 0 Å². The summed E-state index contributed by atoms with van der Waals surface area (Å²) in [5.74, 6) is -0.115. The van der Waals surface area contributed by atoms with Gasteiger partial charge in [-0.3, -0.25) is 4.79 Å². The number of hydrogen-bond donors (Lipinski definition) is 2. The van der Waals surface area contributed by atoms with E-state index in [0.717, 1.165) is 32.2 Å². The van der Waals surface area contributed by atoms with E-state index in [1.54, 1.807) is 0 Å². The van der Waals surface area contributed by atoms with E-state index < -0.39 is 11.4 Å². The number of aliphatic carboxylic acids is 1. The molecule has 82 valence electrons. The minimum Gasteiger partial charge on any atom is -0.481 e. The molecule has 0 aromatic carbocycles. The van der Waals surface area contributed by atoms with Gasteiger partial charge in [-0.1, -0.05) is 20.3 Å². The molecular weight excluding hydrogens is 178 g/mol. The van der Waals surface area contributed by atoms with E-state index in [9.17, 15) is 9.90 Å². The van der Waals surface area contributed by atoms with Crippen molar-refractivity contribution in [2.24, 2.45) is 11.3 Å². The van der Waals surface area contributed by atoms with E-state index in [0.29, 0.717) is 12.5 Å². The van der Waals surface area contributed by atoms with Crippen LogP contribution in [0.2, 0.25) is 0 Å². The number of hydrogen-bond acceptors (Lipinski definition) is 2. The van der Waals surface area contributed by atoms with Crippen molar-refractivity contribution >= 4 is 5.97 Å². The lowest BCUT2D eigenvalue weighted by Gasteiger charge is -2.35. The molecule has 1 aliphatic heterocycles. The summed E-state index contributed by atoms with van der Waals surface area (Å²) in [6, 6.07) is 0. The van der Waals surface area contributed by atoms with Gasteiger partial charge in [-0.05, 0) is 31.7 Å². The second kappa shape index (κ2) is 4.78. The largest absolute Gasteiger partial charge is 0.481 e. The summed E-state index contributed by atoms with van der Waals surface area (Å²) >= 11 is 0. The maximum Gasteiger partial charge on any atom is 0.310 e. The average Bonchev–Trinajstić information content (AvgIpc) is 2.19. The van der Waals surface area contributed by atoms with Crippen LogP contribution >= 0.6 is 0 Å². The third-order valence-corrected chi connectivity index (χ3v) is 3.36. The second-order valence-corrected chi connectivity index (χ2v) is 4.58. The first-order chi connectivity index (χ1) is 6.60. The molecule has 2 atom stereocenters. The predicted octanol–water partition coefficient (Wildman–Crippen LogP) is 1.88. The lowest BCUT2D eigenvalue weighted by Crippen LogP contribution is -2.46. The van der Waals surface area contributed by atoms with Crippen LogP contribution in [0.3, 0.4) is 0 Å². The standard InChI is InChI=1S/C11H21NO2/c1-3-9(2)7-11(10(13)14)5-4-6-12-8-11/h9,12H,3-8H2,1-2H3,(H,13,14). The van der Waals surface area contributed by atoms with Gasteiger partial charge in [0.1, 0.15) is 0 Å². The summed E-state index contributed by atoms with van der Waals surface area (Å²) < 4.78 is 0. The minimum absolute atomic E-state index is 0.492. The van der Waals surface area contributed by atoms with Gasteiger partial charge in [0.2, 0.25) is 0 Å². The van der Waals surface area contributed by atoms with Crippen LogP contribution in [0.25, 0.3) is 0 Å². The maximum absolute atomic E-state index is 11.3. The highest BCUT2D eigenvalue weighted by Crippen LogP contribution is 2.34. The summed E-state index contributed by atoms with van der Waals surface area (Å²) in [7, 11) is 0. The fourth-order valence-electron chi connectivity index (χ4n) is 2.22. The molecule has 1 rings (SSSR count). The molecule has 0 aliphatic carbocycles. The summed E-state index contributed by atoms with van der Waals surface area (Å²) in [5.41, 5.74) is -0.492. The molecule has 0 spiro atoms. The van der Waals surface area contributed by atoms with Gasteiger partial charge in [0.15, 0.2) is 0 Å². The Morgan fingerprint density at radius 1 is 1.64 bits per heavy atom. The van der Waals surface area contributed by atoms with E-state index in [1.807, 2.05) is 0 Å². The summed E-state index contributed by atoms with van der Waals surface area (Å²) in [5, 5.41) is 12.5. The van der Waals surface area contributed by atoms with E-state index in [1.165, 1.54) is 0 Å². The highest BCUT2D eigenvalue weighted by atomic mass is 16.4. The molecule has 1 fully saturated rings. The normalized spacial score (nSPS) is 29.9. The summed E-state index contributed by atoms with van der Waals surface area (Å²) in [6.07, 6.45) is 3.70. The molecule has 3 nitrogen and oxygen atoms in total. The molecular formula is C11H21NO2. The number of nitrogens with one attached hydrogen (secondary N) is 1. The minimum atomic E-state index is -0.620. The Kier molecular flexibility index (Phi) is 3.93. The fraction of sp³-hybridized carbons (Fsp3) is 0.909. The van der Waals surface area contributed by atoms with Crippen LogP contribution < -0.4 is 5.32 Å². The molecule has 0 amide bonds. The first-order valence-corrected chi connectivity index (χ1v) is 5.55. The van der Waals surface area contributed by atoms with Gasteiger partial charge in [0.05, 0.1) is 5.41 Å². The Hall–Kier alpha value is -0.570. The Balaban J connectivity index is 2.65. The third kappa shape index (κ3) is 2.47. The molecule has 0 aromatic rings. The zero-order valence-electron chi connectivity index (χ0n) is 9.18. The van der Waals surface area contributed by atoms with Crippen molar-refractivity contribution < 1.29 is 9.90 Å². The molecule has 0 saturated carbocycles. The van der Waals surface area contributed by atoms with E-state index in [2.05, 4.69) is 19.2 Å². The zero-order chi connectivity index (χ0) is 10.6. The summed E-state index contributed by atoms with van der Waals surface area (Å²) in [4.78, 5) is 11.3. The van der Waals surface area contributed by atoms with E-state index in [4.69, 9.17) is 0 Å². The van der Waals surface area contributed by atoms with Crippen molar-refractivity contribution in [1.82, 2.24) is 5.32 Å². The van der Waals surface area contributed by atoms with Crippen molar-refractivity contribution in [3.8, 4) is 0 Å². The molecule has 2 N–H and O–H groups in total. The van der Waals surface area contributed by atoms with Crippen molar-refractivity contribution in [3.05, 3.63) is 0 Å². The lowest BCUT2D eigenvalue weighted by molar-refractivity contribution is -0.151. The number of piperidine rings is 1. The number of carboxylic acid groups (broad SMARTS) is 1. The maximum atomic E-state index is 11.3. The first-order valence-electron chi connectivity index (χ1n) is 5.55. The van der Waals surface area contributed by atoms with Gasteiger partial charge in [0, 0.05) is 6.54 Å². The number of rotatable bonds is 4. The van der Waals surface area contributed by atoms with Crippen LogP contribution in [0.4, 0.5) is 0 Å². The van der Waals surface area contributed by atoms with Gasteiger partial charge in [-0.25, -0.2) is 0 Å². The Morgan fingerprint density at radius 3 is 2.79 bits per heavy atom. The van der Waals surface area contributed by atoms with Crippen LogP contribution in [0.1, 0.15) is 39.5 Å². The van der Waals surface area contributed by atoms with Crippen molar-refractivity contribution in [1.29, 1.82) is 0 Å². The Bertz CT molecular complexity index is 197. The zero-order valence-corrected chi connectivity index (χ0v) is 9.18. The Morgan fingerprint density at radius 2 is 2.36 bits per heavy atom. The quantitative estimate of drug-likeness (QED) is 0.726. The SMILES string of the molecule is CCC(C)CC1(C(=O)O)CCCNC1. The fourth-order valence-corrected chi connectivity index (χ4v) is 2.22. The highest BCUT2D eigenvalue weighted by Gasteiger charge is 2.40. The van der Waals surface area contributed by atoms with E-state index >= 15 is 0 Å². The van der Waals surface area contributed by atoms with Crippen LogP contribution in [-0.2, 0) is 4.79 Å². The van der Waals surface area contributed by atoms with Crippen LogP contribution in [0.5, 0.6) is 0 Å². The van der Waals surface area contributed by atoms with Crippen molar-refractivity contribution in [2.45, 2.75) is 39.5 Å². The number of carbonyl (C=O) groups is 1. The predicted molar refractivity (Wildman–Crippen MR) is 56.2 cm³/mol. The van der Waals surface area contributed by atoms with Gasteiger partial charge in [0.25, 0.3) is 0 Å². The highest BCUT2D eigenvalue weighted by molar-refractivity contribution is 5.75. The van der Waals surface area contributed by atoms with Crippen molar-refractivity contribution in [2.75, 3.05) is 13.1 Å². The van der Waals surface area contributed by atoms with Crippen LogP contribution in [0.15, 0.2) is 0 Å². The lowest BCUT2D eigenvalue weighted by atomic mass is 9.74. The third-order valence-electron chi connectivity index (χ3n) is 3.36. The van der Waals surface area contributed by atoms with Crippen LogP contribution in [-0.4, -0.2) is 24.2 Å².